The first kappa shape index (κ1) is 20.5. The molecule has 0 aromatic carbocycles. The topological polar surface area (TPSA) is 92.0 Å². The van der Waals surface area contributed by atoms with Crippen molar-refractivity contribution in [3.05, 3.63) is 30.4 Å². The SMILES string of the molecule is Cc1nc2cnc(Nc3ccnc(N4CC(F)C(O)C(C)(C)C4)n3)cc2n1C(C)C. The van der Waals surface area contributed by atoms with Crippen molar-refractivity contribution < 1.29 is 9.50 Å². The molecule has 0 spiro atoms. The van der Waals surface area contributed by atoms with Crippen LogP contribution in [0.3, 0.4) is 0 Å². The average molecular weight is 414 g/mol. The molecule has 8 nitrogen and oxygen atoms in total. The van der Waals surface area contributed by atoms with Gasteiger partial charge in [-0.05, 0) is 26.8 Å². The number of anilines is 3. The highest BCUT2D eigenvalue weighted by atomic mass is 19.1. The summed E-state index contributed by atoms with van der Waals surface area (Å²) in [5.41, 5.74) is 1.25. The number of aromatic nitrogens is 5. The van der Waals surface area contributed by atoms with Crippen LogP contribution in [0.4, 0.5) is 22.0 Å². The standard InChI is InChI=1S/C21H28FN7O/c1-12(2)29-13(3)25-15-9-24-18(8-16(15)29)26-17-6-7-23-20(27-17)28-10-14(22)19(30)21(4,5)11-28/h6-9,12,14,19,30H,10-11H2,1-5H3,(H,23,24,26,27). The Hall–Kier alpha value is -2.81. The first-order valence-corrected chi connectivity index (χ1v) is 10.2. The smallest absolute Gasteiger partial charge is 0.227 e. The van der Waals surface area contributed by atoms with Crippen LogP contribution in [0.1, 0.15) is 39.6 Å². The Bertz CT molecular complexity index is 1060. The third kappa shape index (κ3) is 3.69. The number of alkyl halides is 1. The number of nitrogens with one attached hydrogen (secondary N) is 1. The van der Waals surface area contributed by atoms with Crippen molar-refractivity contribution in [2.45, 2.75) is 52.9 Å². The number of hydrogen-bond acceptors (Lipinski definition) is 7. The summed E-state index contributed by atoms with van der Waals surface area (Å²) < 4.78 is 16.5. The molecule has 0 saturated carbocycles. The van der Waals surface area contributed by atoms with Gasteiger partial charge in [-0.25, -0.2) is 19.3 Å². The van der Waals surface area contributed by atoms with Crippen LogP contribution < -0.4 is 10.2 Å². The molecular formula is C21H28FN7O. The highest BCUT2D eigenvalue weighted by molar-refractivity contribution is 5.79. The van der Waals surface area contributed by atoms with Crippen LogP contribution in [0.15, 0.2) is 24.5 Å². The van der Waals surface area contributed by atoms with Gasteiger partial charge in [0, 0.05) is 30.3 Å². The maximum Gasteiger partial charge on any atom is 0.227 e. The van der Waals surface area contributed by atoms with Crippen LogP contribution in [0, 0.1) is 12.3 Å². The number of nitrogens with zero attached hydrogens (tertiary/aromatic N) is 6. The van der Waals surface area contributed by atoms with Gasteiger partial charge in [-0.15, -0.1) is 0 Å². The summed E-state index contributed by atoms with van der Waals surface area (Å²) in [5, 5.41) is 13.3. The molecule has 3 aromatic rings. The Morgan fingerprint density at radius 3 is 2.70 bits per heavy atom. The Morgan fingerprint density at radius 2 is 2.00 bits per heavy atom. The van der Waals surface area contributed by atoms with Crippen molar-refractivity contribution in [3.63, 3.8) is 0 Å². The van der Waals surface area contributed by atoms with E-state index in [1.54, 1.807) is 23.4 Å². The molecule has 0 radical (unpaired) electrons. The lowest BCUT2D eigenvalue weighted by Gasteiger charge is -2.43. The molecular weight excluding hydrogens is 385 g/mol. The van der Waals surface area contributed by atoms with E-state index in [0.717, 1.165) is 16.9 Å². The van der Waals surface area contributed by atoms with Gasteiger partial charge in [0.2, 0.25) is 5.95 Å². The highest BCUT2D eigenvalue weighted by Gasteiger charge is 2.42. The molecule has 1 fully saturated rings. The van der Waals surface area contributed by atoms with Gasteiger partial charge in [0.05, 0.1) is 24.4 Å². The lowest BCUT2D eigenvalue weighted by molar-refractivity contribution is -0.0257. The van der Waals surface area contributed by atoms with E-state index < -0.39 is 17.7 Å². The molecule has 3 aromatic heterocycles. The first-order chi connectivity index (χ1) is 14.2. The van der Waals surface area contributed by atoms with Gasteiger partial charge in [0.25, 0.3) is 0 Å². The van der Waals surface area contributed by atoms with Crippen LogP contribution in [0.2, 0.25) is 0 Å². The number of fused-ring (bicyclic) bond motifs is 1. The normalized spacial score (nSPS) is 21.4. The zero-order chi connectivity index (χ0) is 21.6. The van der Waals surface area contributed by atoms with E-state index in [-0.39, 0.29) is 12.6 Å². The Balaban J connectivity index is 1.60. The fourth-order valence-electron chi connectivity index (χ4n) is 4.14. The molecule has 1 aliphatic rings. The molecule has 2 unspecified atom stereocenters. The van der Waals surface area contributed by atoms with Crippen molar-refractivity contribution in [3.8, 4) is 0 Å². The quantitative estimate of drug-likeness (QED) is 0.677. The summed E-state index contributed by atoms with van der Waals surface area (Å²) in [6.45, 7) is 10.4. The van der Waals surface area contributed by atoms with Gasteiger partial charge in [-0.2, -0.15) is 4.98 Å². The number of imidazole rings is 1. The third-order valence-corrected chi connectivity index (χ3v) is 5.59. The monoisotopic (exact) mass is 413 g/mol. The predicted octanol–water partition coefficient (Wildman–Crippen LogP) is 3.40. The van der Waals surface area contributed by atoms with Crippen LogP contribution in [0.5, 0.6) is 0 Å². The van der Waals surface area contributed by atoms with Crippen LogP contribution >= 0.6 is 0 Å². The van der Waals surface area contributed by atoms with Crippen molar-refractivity contribution in [2.75, 3.05) is 23.3 Å². The summed E-state index contributed by atoms with van der Waals surface area (Å²) in [4.78, 5) is 19.7. The summed E-state index contributed by atoms with van der Waals surface area (Å²) >= 11 is 0. The van der Waals surface area contributed by atoms with E-state index in [1.807, 2.05) is 26.8 Å². The maximum absolute atomic E-state index is 14.3. The second-order valence-corrected chi connectivity index (χ2v) is 8.88. The minimum Gasteiger partial charge on any atom is -0.389 e. The zero-order valence-corrected chi connectivity index (χ0v) is 18.0. The third-order valence-electron chi connectivity index (χ3n) is 5.59. The van der Waals surface area contributed by atoms with Crippen molar-refractivity contribution in [2.24, 2.45) is 5.41 Å². The second kappa shape index (κ2) is 7.46. The van der Waals surface area contributed by atoms with Crippen molar-refractivity contribution >= 4 is 28.6 Å². The molecule has 4 rings (SSSR count). The molecule has 1 saturated heterocycles. The van der Waals surface area contributed by atoms with E-state index in [0.29, 0.717) is 24.1 Å². The van der Waals surface area contributed by atoms with E-state index in [1.165, 1.54) is 0 Å². The van der Waals surface area contributed by atoms with Gasteiger partial charge in [-0.3, -0.25) is 0 Å². The number of halogens is 1. The van der Waals surface area contributed by atoms with Gasteiger partial charge < -0.3 is 19.9 Å². The Kier molecular flexibility index (Phi) is 5.09. The fourth-order valence-corrected chi connectivity index (χ4v) is 4.14. The molecule has 0 amide bonds. The summed E-state index contributed by atoms with van der Waals surface area (Å²) in [6, 6.07) is 3.98. The molecule has 9 heteroatoms. The second-order valence-electron chi connectivity index (χ2n) is 8.88. The number of aliphatic hydroxyl groups excluding tert-OH is 1. The number of hydrogen-bond donors (Lipinski definition) is 2. The molecule has 1 aliphatic heterocycles. The Morgan fingerprint density at radius 1 is 1.23 bits per heavy atom. The van der Waals surface area contributed by atoms with Crippen molar-refractivity contribution in [1.29, 1.82) is 0 Å². The highest BCUT2D eigenvalue weighted by Crippen LogP contribution is 2.33. The van der Waals surface area contributed by atoms with E-state index >= 15 is 0 Å². The average Bonchev–Trinajstić information content (AvgIpc) is 3.01. The van der Waals surface area contributed by atoms with Gasteiger partial charge in [0.15, 0.2) is 0 Å². The number of rotatable bonds is 4. The van der Waals surface area contributed by atoms with Crippen LogP contribution in [0.25, 0.3) is 11.0 Å². The van der Waals surface area contributed by atoms with Gasteiger partial charge in [0.1, 0.15) is 29.1 Å². The molecule has 2 atom stereocenters. The first-order valence-electron chi connectivity index (χ1n) is 10.2. The minimum absolute atomic E-state index is 0.0606. The number of piperidine rings is 1. The molecule has 0 bridgehead atoms. The van der Waals surface area contributed by atoms with Crippen LogP contribution in [-0.2, 0) is 0 Å². The summed E-state index contributed by atoms with van der Waals surface area (Å²) in [6.07, 6.45) is 1.03. The number of aryl methyl sites for hydroxylation is 1. The maximum atomic E-state index is 14.3. The Labute approximate surface area is 175 Å². The minimum atomic E-state index is -1.35. The van der Waals surface area contributed by atoms with Crippen LogP contribution in [-0.4, -0.2) is 55.0 Å². The lowest BCUT2D eigenvalue weighted by Crippen LogP contribution is -2.55. The predicted molar refractivity (Wildman–Crippen MR) is 115 cm³/mol. The lowest BCUT2D eigenvalue weighted by atomic mass is 9.80. The largest absolute Gasteiger partial charge is 0.389 e. The van der Waals surface area contributed by atoms with E-state index in [2.05, 4.69) is 43.7 Å². The number of pyridine rings is 1. The molecule has 160 valence electrons. The molecule has 30 heavy (non-hydrogen) atoms. The summed E-state index contributed by atoms with van der Waals surface area (Å²) in [7, 11) is 0. The molecule has 4 heterocycles. The fraction of sp³-hybridized carbons (Fsp3) is 0.524. The van der Waals surface area contributed by atoms with Gasteiger partial charge in [-0.1, -0.05) is 13.8 Å². The van der Waals surface area contributed by atoms with E-state index in [4.69, 9.17) is 0 Å². The zero-order valence-electron chi connectivity index (χ0n) is 18.0. The van der Waals surface area contributed by atoms with E-state index in [9.17, 15) is 9.50 Å². The van der Waals surface area contributed by atoms with Crippen molar-refractivity contribution in [1.82, 2.24) is 24.5 Å². The molecule has 0 aliphatic carbocycles. The van der Waals surface area contributed by atoms with Gasteiger partial charge >= 0.3 is 0 Å². The summed E-state index contributed by atoms with van der Waals surface area (Å²) in [5.74, 6) is 2.58. The number of aliphatic hydroxyl groups is 1. The molecule has 2 N–H and O–H groups in total.